The molecule has 0 radical (unpaired) electrons. The molecule has 2 aliphatic heterocycles. The molecule has 8 N–H and O–H groups in total. The number of oxime groups is 1. The van der Waals surface area contributed by atoms with Crippen molar-refractivity contribution in [3.63, 3.8) is 0 Å². The summed E-state index contributed by atoms with van der Waals surface area (Å²) in [5.74, 6) is -9.01. The number of unbranched alkanes of at least 4 members (excludes halogenated alkanes) is 6. The SMILES string of the molecule is CCO/N=C(/C(=O)N[C@H]1C(=O)N2C(C(=O)OCCCCCCCCCC(=O)Oc3ccc(N(C)C)c4c3C(O)=C3C(=O)[C@@]5(O)C(O)=C(C(N)=O)C(=O)[C@H](N(C)C)[C@H]5C[C@H]3C4)=C(Sc3nc(-c4cc[n+](C)cc4)cs3)CS[C@@H]12)c1nsc(N)n1. The van der Waals surface area contributed by atoms with E-state index in [1.165, 1.54) is 50.7 Å². The van der Waals surface area contributed by atoms with Crippen LogP contribution in [0.3, 0.4) is 0 Å². The number of Topliss-reactive ketones (excluding diaryl/α,β-unsaturated/α-hetero) is 2. The largest absolute Gasteiger partial charge is 0.508 e. The molecule has 9 rings (SSSR count). The first kappa shape index (κ1) is 60.4. The maximum atomic E-state index is 14.4. The van der Waals surface area contributed by atoms with Crippen LogP contribution < -0.4 is 31.0 Å². The number of ketones is 2. The van der Waals surface area contributed by atoms with Crippen molar-refractivity contribution in [2.45, 2.75) is 98.5 Å². The number of esters is 2. The average Bonchev–Trinajstić information content (AvgIpc) is 1.41. The Hall–Kier alpha value is -7.24. The van der Waals surface area contributed by atoms with E-state index < -0.39 is 93.2 Å². The van der Waals surface area contributed by atoms with Gasteiger partial charge in [-0.15, -0.1) is 23.1 Å². The van der Waals surface area contributed by atoms with Crippen LogP contribution in [0, 0.1) is 11.8 Å². The number of primary amides is 1. The molecule has 0 bridgehead atoms. The molecule has 3 aromatic heterocycles. The fourth-order valence-electron chi connectivity index (χ4n) is 11.1. The monoisotopic (exact) mass is 1210 g/mol. The van der Waals surface area contributed by atoms with E-state index in [0.717, 1.165) is 48.5 Å². The first-order valence-corrected chi connectivity index (χ1v) is 30.4. The minimum Gasteiger partial charge on any atom is -0.508 e. The number of aryl methyl sites for hydroxylation is 1. The first-order valence-electron chi connectivity index (χ1n) is 26.9. The number of hydrogen-bond donors (Lipinski definition) is 6. The molecule has 1 aromatic carbocycles. The van der Waals surface area contributed by atoms with E-state index >= 15 is 0 Å². The average molecular weight is 1220 g/mol. The van der Waals surface area contributed by atoms with Crippen molar-refractivity contribution >= 4 is 110 Å². The number of nitrogens with one attached hydrogen (secondary N) is 1. The second-order valence-electron chi connectivity index (χ2n) is 20.9. The van der Waals surface area contributed by atoms with E-state index in [2.05, 4.69) is 19.8 Å². The number of aliphatic hydroxyl groups is 3. The van der Waals surface area contributed by atoms with Crippen LogP contribution in [-0.4, -0.2) is 157 Å². The van der Waals surface area contributed by atoms with Crippen molar-refractivity contribution in [3.8, 4) is 17.0 Å². The third-order valence-corrected chi connectivity index (χ3v) is 19.1. The number of nitrogens with two attached hydrogens (primary N) is 2. The molecule has 5 heterocycles. The molecular weight excluding hydrogens is 1150 g/mol. The van der Waals surface area contributed by atoms with Crippen molar-refractivity contribution in [3.05, 3.63) is 86.5 Å². The minimum absolute atomic E-state index is 0.00350. The number of carbonyl (C=O) groups excluding carboxylic acids is 7. The number of amides is 3. The molecule has 1 saturated carbocycles. The maximum absolute atomic E-state index is 14.4. The summed E-state index contributed by atoms with van der Waals surface area (Å²) in [7, 11) is 8.63. The van der Waals surface area contributed by atoms with Crippen molar-refractivity contribution in [1.29, 1.82) is 0 Å². The van der Waals surface area contributed by atoms with Crippen LogP contribution in [0.25, 0.3) is 17.0 Å². The number of aromatic nitrogens is 4. The highest BCUT2D eigenvalue weighted by molar-refractivity contribution is 8.07. The molecule has 2 fully saturated rings. The number of β-lactam (4-membered cyclic amide) rings is 1. The lowest BCUT2D eigenvalue weighted by atomic mass is 9.57. The molecule has 83 heavy (non-hydrogen) atoms. The fourth-order valence-corrected chi connectivity index (χ4v) is 15.0. The van der Waals surface area contributed by atoms with Gasteiger partial charge in [0.1, 0.15) is 53.6 Å². The number of nitrogens with zero attached hydrogens (tertiary/aromatic N) is 8. The number of thioether (sulfide) groups is 2. The molecule has 440 valence electrons. The van der Waals surface area contributed by atoms with Crippen molar-refractivity contribution < 1.29 is 67.8 Å². The molecule has 0 unspecified atom stereocenters. The quantitative estimate of drug-likeness (QED) is 0.00889. The Morgan fingerprint density at radius 2 is 1.71 bits per heavy atom. The van der Waals surface area contributed by atoms with Gasteiger partial charge in [0.2, 0.25) is 17.3 Å². The van der Waals surface area contributed by atoms with Crippen LogP contribution in [0.2, 0.25) is 0 Å². The number of pyridine rings is 1. The van der Waals surface area contributed by atoms with Gasteiger partial charge in [-0.3, -0.25) is 38.6 Å². The second kappa shape index (κ2) is 25.3. The van der Waals surface area contributed by atoms with Crippen molar-refractivity contribution in [2.75, 3.05) is 57.8 Å². The molecule has 3 amide bonds. The Balaban J connectivity index is 0.785. The Morgan fingerprint density at radius 3 is 2.37 bits per heavy atom. The zero-order valence-corrected chi connectivity index (χ0v) is 49.7. The highest BCUT2D eigenvalue weighted by Crippen LogP contribution is 2.54. The van der Waals surface area contributed by atoms with Gasteiger partial charge < -0.3 is 51.3 Å². The molecule has 6 atom stereocenters. The van der Waals surface area contributed by atoms with Crippen LogP contribution in [0.5, 0.6) is 5.75 Å². The number of fused-ring (bicyclic) bond motifs is 4. The molecule has 28 heteroatoms. The van der Waals surface area contributed by atoms with Crippen molar-refractivity contribution in [1.82, 2.24) is 29.5 Å². The summed E-state index contributed by atoms with van der Waals surface area (Å²) >= 11 is 4.96. The number of thiazole rings is 1. The summed E-state index contributed by atoms with van der Waals surface area (Å²) in [5.41, 5.74) is 10.3. The van der Waals surface area contributed by atoms with Gasteiger partial charge in [0.25, 0.3) is 17.7 Å². The van der Waals surface area contributed by atoms with Gasteiger partial charge in [0, 0.05) is 83.0 Å². The Morgan fingerprint density at radius 1 is 1.00 bits per heavy atom. The summed E-state index contributed by atoms with van der Waals surface area (Å²) < 4.78 is 18.4. The number of rotatable bonds is 23. The minimum atomic E-state index is -2.75. The van der Waals surface area contributed by atoms with Crippen LogP contribution in [0.15, 0.2) is 79.0 Å². The number of anilines is 2. The predicted octanol–water partition coefficient (Wildman–Crippen LogP) is 4.12. The van der Waals surface area contributed by atoms with Crippen LogP contribution in [0.1, 0.15) is 81.7 Å². The van der Waals surface area contributed by atoms with E-state index in [-0.39, 0.29) is 71.7 Å². The molecule has 1 saturated heterocycles. The molecule has 24 nitrogen and oxygen atoms in total. The van der Waals surface area contributed by atoms with E-state index in [9.17, 15) is 48.9 Å². The lowest BCUT2D eigenvalue weighted by Gasteiger charge is -2.50. The zero-order valence-electron chi connectivity index (χ0n) is 46.4. The van der Waals surface area contributed by atoms with Crippen molar-refractivity contribution in [2.24, 2.45) is 29.8 Å². The molecule has 0 spiro atoms. The predicted molar refractivity (Wildman–Crippen MR) is 310 cm³/mol. The van der Waals surface area contributed by atoms with Gasteiger partial charge in [-0.25, -0.2) is 14.3 Å². The van der Waals surface area contributed by atoms with Crippen LogP contribution in [-0.2, 0) is 56.6 Å². The fraction of sp³-hybridized carbons (Fsp3) is 0.455. The van der Waals surface area contributed by atoms with Gasteiger partial charge in [-0.1, -0.05) is 49.0 Å². The van der Waals surface area contributed by atoms with Gasteiger partial charge in [-0.2, -0.15) is 9.36 Å². The first-order chi connectivity index (χ1) is 39.6. The van der Waals surface area contributed by atoms with Gasteiger partial charge in [-0.05, 0) is 70.3 Å². The Bertz CT molecular complexity index is 3390. The lowest BCUT2D eigenvalue weighted by molar-refractivity contribution is -0.671. The van der Waals surface area contributed by atoms with E-state index in [4.69, 9.17) is 30.8 Å². The standard InChI is InChI=1S/C55H63N11O13S4/c1-7-78-61-39(48-60-53(57)83-62-48)49(73)59-40-50(74)66-42(34(26-80-51(40)66)82-54-58-31(25-81-54)27-18-20-65(6)21-19-27)52(75)77-22-14-12-10-8-9-11-13-15-35(67)79-33-17-16-32(63(2)3)29-23-28-24-30-41(64(4)5)44(69)38(47(56)72)46(71)55(30,76)45(70)36(28)43(68)37(29)33/h16-21,25,28,30,40-41,51,76H,7-15,22-24,26H2,1-6H3,(H6-,56,57,59,60,62,68,69,70,71,72,73)/p+1/b61-39+/t28-,30-,40+,41-,51+,55-/m1/s1. The van der Waals surface area contributed by atoms with Gasteiger partial charge in [0.15, 0.2) is 33.2 Å². The number of aliphatic hydroxyl groups excluding tert-OH is 2. The third kappa shape index (κ3) is 12.0. The summed E-state index contributed by atoms with van der Waals surface area (Å²) in [6.07, 6.45) is 8.99. The Kier molecular flexibility index (Phi) is 18.4. The van der Waals surface area contributed by atoms with Gasteiger partial charge in [0.05, 0.1) is 23.9 Å². The summed E-state index contributed by atoms with van der Waals surface area (Å²) in [5, 5.41) is 43.3. The number of ether oxygens (including phenoxy) is 2. The van der Waals surface area contributed by atoms with Crippen LogP contribution in [0.4, 0.5) is 10.8 Å². The summed E-state index contributed by atoms with van der Waals surface area (Å²) in [6, 6.07) is 4.99. The number of hydrogen-bond acceptors (Lipinski definition) is 24. The Labute approximate surface area is 494 Å². The van der Waals surface area contributed by atoms with E-state index in [1.54, 1.807) is 41.2 Å². The highest BCUT2D eigenvalue weighted by atomic mass is 32.2. The van der Waals surface area contributed by atoms with Gasteiger partial charge >= 0.3 is 11.9 Å². The number of nitrogen functional groups attached to an aromatic ring is 1. The van der Waals surface area contributed by atoms with E-state index in [0.29, 0.717) is 45.5 Å². The topological polar surface area (TPSA) is 337 Å². The normalized spacial score (nSPS) is 22.2. The van der Waals surface area contributed by atoms with Crippen LogP contribution >= 0.6 is 46.4 Å². The third-order valence-electron chi connectivity index (χ3n) is 15.1. The number of carbonyl (C=O) groups is 7. The lowest BCUT2D eigenvalue weighted by Crippen LogP contribution is -2.71. The number of likely N-dealkylation sites (N-methyl/N-ethyl adjacent to an activating group) is 1. The van der Waals surface area contributed by atoms with E-state index in [1.807, 2.05) is 46.4 Å². The summed E-state index contributed by atoms with van der Waals surface area (Å²) in [6.45, 7) is 1.94. The molecule has 3 aliphatic carbocycles. The molecule has 4 aromatic rings. The summed E-state index contributed by atoms with van der Waals surface area (Å²) in [4.78, 5) is 115. The number of benzene rings is 1. The highest BCUT2D eigenvalue weighted by Gasteiger charge is 2.64. The smallest absolute Gasteiger partial charge is 0.355 e. The maximum Gasteiger partial charge on any atom is 0.355 e. The molecule has 5 aliphatic rings. The zero-order chi connectivity index (χ0) is 59.6. The second-order valence-corrected chi connectivity index (χ2v) is 25.0. The molecular formula is C55H64N11O13S4+.